The molecule has 0 fully saturated rings. The smallest absolute Gasteiger partial charge is 0.310 e. The van der Waals surface area contributed by atoms with E-state index in [2.05, 4.69) is 19.2 Å². The van der Waals surface area contributed by atoms with Crippen LogP contribution in [0, 0.1) is 12.8 Å². The van der Waals surface area contributed by atoms with Crippen molar-refractivity contribution in [3.63, 3.8) is 0 Å². The third kappa shape index (κ3) is 5.13. The number of amides is 1. The van der Waals surface area contributed by atoms with Gasteiger partial charge in [-0.25, -0.2) is 0 Å². The van der Waals surface area contributed by atoms with Crippen LogP contribution in [0.25, 0.3) is 11.0 Å². The second-order valence-electron chi connectivity index (χ2n) is 6.13. The summed E-state index contributed by atoms with van der Waals surface area (Å²) in [5.41, 5.74) is 2.61. The number of esters is 1. The standard InChI is InChI=1S/C18H23NO4/c1-12(2)6-7-19-17(20)11-23-18(21)9-14-10-22-16-8-13(3)4-5-15(14)16/h4-5,8,10,12H,6-7,9,11H2,1-3H3,(H,19,20). The van der Waals surface area contributed by atoms with Gasteiger partial charge in [-0.3, -0.25) is 9.59 Å². The summed E-state index contributed by atoms with van der Waals surface area (Å²) >= 11 is 0. The molecule has 1 amide bonds. The fourth-order valence-electron chi connectivity index (χ4n) is 2.23. The molecule has 2 rings (SSSR count). The maximum Gasteiger partial charge on any atom is 0.310 e. The highest BCUT2D eigenvalue weighted by Crippen LogP contribution is 2.22. The average Bonchev–Trinajstić information content (AvgIpc) is 2.87. The van der Waals surface area contributed by atoms with Crippen LogP contribution in [-0.4, -0.2) is 25.0 Å². The predicted octanol–water partition coefficient (Wildman–Crippen LogP) is 2.99. The largest absolute Gasteiger partial charge is 0.464 e. The van der Waals surface area contributed by atoms with Crippen molar-refractivity contribution in [1.29, 1.82) is 0 Å². The van der Waals surface area contributed by atoms with Crippen LogP contribution >= 0.6 is 0 Å². The van der Waals surface area contributed by atoms with Crippen molar-refractivity contribution in [3.05, 3.63) is 35.6 Å². The van der Waals surface area contributed by atoms with E-state index in [1.165, 1.54) is 0 Å². The van der Waals surface area contributed by atoms with Gasteiger partial charge in [0.15, 0.2) is 6.61 Å². The molecule has 1 aromatic carbocycles. The number of aryl methyl sites for hydroxylation is 1. The molecule has 0 atom stereocenters. The Morgan fingerprint density at radius 1 is 1.30 bits per heavy atom. The van der Waals surface area contributed by atoms with E-state index in [4.69, 9.17) is 9.15 Å². The van der Waals surface area contributed by atoms with Gasteiger partial charge >= 0.3 is 5.97 Å². The number of rotatable bonds is 7. The van der Waals surface area contributed by atoms with Crippen LogP contribution in [0.15, 0.2) is 28.9 Å². The van der Waals surface area contributed by atoms with Gasteiger partial charge in [-0.1, -0.05) is 26.0 Å². The Morgan fingerprint density at radius 3 is 2.83 bits per heavy atom. The van der Waals surface area contributed by atoms with E-state index in [-0.39, 0.29) is 18.9 Å². The second-order valence-corrected chi connectivity index (χ2v) is 6.13. The summed E-state index contributed by atoms with van der Waals surface area (Å²) in [6.07, 6.45) is 2.56. The molecule has 0 bridgehead atoms. The zero-order chi connectivity index (χ0) is 16.8. The van der Waals surface area contributed by atoms with Gasteiger partial charge in [0.1, 0.15) is 5.58 Å². The van der Waals surface area contributed by atoms with Gasteiger partial charge in [0.2, 0.25) is 0 Å². The van der Waals surface area contributed by atoms with Gasteiger partial charge in [0, 0.05) is 17.5 Å². The van der Waals surface area contributed by atoms with Crippen molar-refractivity contribution in [1.82, 2.24) is 5.32 Å². The van der Waals surface area contributed by atoms with Crippen LogP contribution in [0.4, 0.5) is 0 Å². The number of fused-ring (bicyclic) bond motifs is 1. The highest BCUT2D eigenvalue weighted by molar-refractivity contribution is 5.87. The fraction of sp³-hybridized carbons (Fsp3) is 0.444. The van der Waals surface area contributed by atoms with Crippen LogP contribution in [0.1, 0.15) is 31.4 Å². The quantitative estimate of drug-likeness (QED) is 0.797. The van der Waals surface area contributed by atoms with E-state index in [1.807, 2.05) is 25.1 Å². The molecule has 0 saturated heterocycles. The minimum absolute atomic E-state index is 0.0926. The number of hydrogen-bond acceptors (Lipinski definition) is 4. The van der Waals surface area contributed by atoms with Gasteiger partial charge < -0.3 is 14.5 Å². The number of carbonyl (C=O) groups excluding carboxylic acids is 2. The number of carbonyl (C=O) groups is 2. The van der Waals surface area contributed by atoms with Crippen LogP contribution in [0.5, 0.6) is 0 Å². The predicted molar refractivity (Wildman–Crippen MR) is 88.1 cm³/mol. The average molecular weight is 317 g/mol. The highest BCUT2D eigenvalue weighted by Gasteiger charge is 2.13. The lowest BCUT2D eigenvalue weighted by Crippen LogP contribution is -2.30. The zero-order valence-electron chi connectivity index (χ0n) is 13.8. The number of benzene rings is 1. The molecular weight excluding hydrogens is 294 g/mol. The molecule has 1 N–H and O–H groups in total. The molecule has 1 aromatic heterocycles. The Balaban J connectivity index is 1.81. The van der Waals surface area contributed by atoms with E-state index in [0.29, 0.717) is 12.5 Å². The first-order valence-corrected chi connectivity index (χ1v) is 7.84. The summed E-state index contributed by atoms with van der Waals surface area (Å²) in [4.78, 5) is 23.4. The molecule has 0 radical (unpaired) electrons. The molecule has 0 unspecified atom stereocenters. The zero-order valence-corrected chi connectivity index (χ0v) is 13.8. The van der Waals surface area contributed by atoms with Crippen LogP contribution in [-0.2, 0) is 20.7 Å². The number of furan rings is 1. The van der Waals surface area contributed by atoms with Crippen molar-refractivity contribution in [3.8, 4) is 0 Å². The topological polar surface area (TPSA) is 68.5 Å². The van der Waals surface area contributed by atoms with E-state index in [0.717, 1.165) is 28.5 Å². The molecular formula is C18H23NO4. The first-order valence-electron chi connectivity index (χ1n) is 7.84. The summed E-state index contributed by atoms with van der Waals surface area (Å²) in [7, 11) is 0. The molecule has 5 heteroatoms. The molecule has 124 valence electrons. The lowest BCUT2D eigenvalue weighted by Gasteiger charge is -2.07. The highest BCUT2D eigenvalue weighted by atomic mass is 16.5. The minimum atomic E-state index is -0.438. The van der Waals surface area contributed by atoms with E-state index in [9.17, 15) is 9.59 Å². The Bertz CT molecular complexity index is 687. The Labute approximate surface area is 136 Å². The summed E-state index contributed by atoms with van der Waals surface area (Å²) in [5.74, 6) is -0.185. The van der Waals surface area contributed by atoms with Gasteiger partial charge in [-0.15, -0.1) is 0 Å². The lowest BCUT2D eigenvalue weighted by atomic mass is 10.1. The SMILES string of the molecule is Cc1ccc2c(CC(=O)OCC(=O)NCCC(C)C)coc2c1. The number of hydrogen-bond donors (Lipinski definition) is 1. The third-order valence-electron chi connectivity index (χ3n) is 3.55. The molecule has 0 spiro atoms. The molecule has 2 aromatic rings. The van der Waals surface area contributed by atoms with Crippen LogP contribution < -0.4 is 5.32 Å². The second kappa shape index (κ2) is 7.81. The monoisotopic (exact) mass is 317 g/mol. The van der Waals surface area contributed by atoms with Crippen molar-refractivity contribution < 1.29 is 18.7 Å². The number of ether oxygens (including phenoxy) is 1. The molecule has 23 heavy (non-hydrogen) atoms. The minimum Gasteiger partial charge on any atom is -0.464 e. The van der Waals surface area contributed by atoms with Gasteiger partial charge in [0.25, 0.3) is 5.91 Å². The summed E-state index contributed by atoms with van der Waals surface area (Å²) in [6, 6.07) is 5.82. The normalized spacial score (nSPS) is 11.0. The molecule has 0 aliphatic heterocycles. The summed E-state index contributed by atoms with van der Waals surface area (Å²) in [5, 5.41) is 3.63. The first kappa shape index (κ1) is 17.1. The lowest BCUT2D eigenvalue weighted by molar-refractivity contribution is -0.147. The maximum atomic E-state index is 11.9. The molecule has 0 saturated carbocycles. The van der Waals surface area contributed by atoms with Gasteiger partial charge in [-0.2, -0.15) is 0 Å². The van der Waals surface area contributed by atoms with Crippen molar-refractivity contribution in [2.75, 3.05) is 13.2 Å². The Hall–Kier alpha value is -2.30. The van der Waals surface area contributed by atoms with E-state index < -0.39 is 5.97 Å². The maximum absolute atomic E-state index is 11.9. The molecule has 0 aliphatic carbocycles. The van der Waals surface area contributed by atoms with Gasteiger partial charge in [-0.05, 0) is 30.9 Å². The van der Waals surface area contributed by atoms with Crippen molar-refractivity contribution >= 4 is 22.8 Å². The first-order chi connectivity index (χ1) is 11.0. The fourth-order valence-corrected chi connectivity index (χ4v) is 2.23. The van der Waals surface area contributed by atoms with Crippen LogP contribution in [0.3, 0.4) is 0 Å². The van der Waals surface area contributed by atoms with Crippen molar-refractivity contribution in [2.24, 2.45) is 5.92 Å². The van der Waals surface area contributed by atoms with E-state index in [1.54, 1.807) is 6.26 Å². The Morgan fingerprint density at radius 2 is 2.09 bits per heavy atom. The molecule has 0 aliphatic rings. The molecule has 5 nitrogen and oxygen atoms in total. The Kier molecular flexibility index (Phi) is 5.79. The summed E-state index contributed by atoms with van der Waals surface area (Å²) < 4.78 is 10.5. The number of nitrogens with one attached hydrogen (secondary N) is 1. The van der Waals surface area contributed by atoms with Crippen LogP contribution in [0.2, 0.25) is 0 Å². The molecule has 1 heterocycles. The van der Waals surface area contributed by atoms with Gasteiger partial charge in [0.05, 0.1) is 12.7 Å². The summed E-state index contributed by atoms with van der Waals surface area (Å²) in [6.45, 7) is 6.51. The van der Waals surface area contributed by atoms with Crippen molar-refractivity contribution in [2.45, 2.75) is 33.6 Å². The third-order valence-corrected chi connectivity index (χ3v) is 3.55. The van der Waals surface area contributed by atoms with E-state index >= 15 is 0 Å².